The van der Waals surface area contributed by atoms with E-state index in [1.54, 1.807) is 12.4 Å². The van der Waals surface area contributed by atoms with Gasteiger partial charge in [0.25, 0.3) is 0 Å². The zero-order chi connectivity index (χ0) is 21.8. The summed E-state index contributed by atoms with van der Waals surface area (Å²) in [6.07, 6.45) is 11.1. The number of rotatable bonds is 13. The van der Waals surface area contributed by atoms with E-state index in [2.05, 4.69) is 32.7 Å². The second-order valence-corrected chi connectivity index (χ2v) is 8.46. The number of aliphatic hydroxyl groups excluding tert-OH is 1. The molecule has 0 aliphatic carbocycles. The first-order valence-electron chi connectivity index (χ1n) is 11.2. The third-order valence-corrected chi connectivity index (χ3v) is 5.24. The van der Waals surface area contributed by atoms with Crippen LogP contribution in [-0.2, 0) is 0 Å². The summed E-state index contributed by atoms with van der Waals surface area (Å²) in [6.45, 7) is 9.21. The van der Waals surface area contributed by atoms with Gasteiger partial charge in [-0.05, 0) is 48.1 Å². The summed E-state index contributed by atoms with van der Waals surface area (Å²) in [4.78, 5) is 4.18. The van der Waals surface area contributed by atoms with Gasteiger partial charge in [-0.1, -0.05) is 65.5 Å². The lowest BCUT2D eigenvalue weighted by molar-refractivity contribution is 0.0446. The average Bonchev–Trinajstić information content (AvgIpc) is 2.74. The third kappa shape index (κ3) is 7.83. The number of pyridine rings is 1. The Kier molecular flexibility index (Phi) is 9.88. The number of aromatic nitrogens is 1. The number of hydrogen-bond donors (Lipinski definition) is 1. The number of hydrogen-bond acceptors (Lipinski definition) is 4. The van der Waals surface area contributed by atoms with Gasteiger partial charge in [0.15, 0.2) is 0 Å². The Balaban J connectivity index is 2.24. The van der Waals surface area contributed by atoms with Crippen molar-refractivity contribution in [2.45, 2.75) is 72.3 Å². The molecule has 2 aromatic rings. The van der Waals surface area contributed by atoms with Gasteiger partial charge in [0.1, 0.15) is 23.4 Å². The first-order valence-corrected chi connectivity index (χ1v) is 11.2. The summed E-state index contributed by atoms with van der Waals surface area (Å²) in [5.74, 6) is 1.95. The van der Waals surface area contributed by atoms with Crippen LogP contribution in [0, 0.1) is 5.41 Å². The molecule has 4 nitrogen and oxygen atoms in total. The van der Waals surface area contributed by atoms with Crippen molar-refractivity contribution in [2.24, 2.45) is 5.41 Å². The first kappa shape index (κ1) is 23.9. The predicted molar refractivity (Wildman–Crippen MR) is 124 cm³/mol. The van der Waals surface area contributed by atoms with Crippen molar-refractivity contribution in [3.05, 3.63) is 60.1 Å². The average molecular weight is 412 g/mol. The number of benzene rings is 1. The van der Waals surface area contributed by atoms with Crippen LogP contribution in [0.4, 0.5) is 0 Å². The highest BCUT2D eigenvalue weighted by Crippen LogP contribution is 2.34. The molecule has 0 saturated carbocycles. The smallest absolute Gasteiger partial charge is 0.134 e. The van der Waals surface area contributed by atoms with Crippen LogP contribution in [-0.4, -0.2) is 22.8 Å². The normalized spacial score (nSPS) is 13.2. The van der Waals surface area contributed by atoms with E-state index in [0.29, 0.717) is 18.1 Å². The van der Waals surface area contributed by atoms with E-state index in [1.807, 2.05) is 42.5 Å². The lowest BCUT2D eigenvalue weighted by atomic mass is 9.80. The summed E-state index contributed by atoms with van der Waals surface area (Å²) in [5, 5.41) is 11.3. The summed E-state index contributed by atoms with van der Waals surface area (Å²) in [7, 11) is 0. The van der Waals surface area contributed by atoms with Crippen molar-refractivity contribution in [1.82, 2.24) is 4.98 Å². The Morgan fingerprint density at radius 3 is 2.53 bits per heavy atom. The number of ether oxygens (including phenoxy) is 2. The maximum absolute atomic E-state index is 11.3. The zero-order valence-electron chi connectivity index (χ0n) is 18.9. The van der Waals surface area contributed by atoms with Gasteiger partial charge >= 0.3 is 0 Å². The molecule has 1 heterocycles. The minimum absolute atomic E-state index is 0.307. The molecule has 1 aromatic carbocycles. The maximum atomic E-state index is 11.3. The van der Waals surface area contributed by atoms with Crippen LogP contribution in [0.1, 0.15) is 71.8 Å². The van der Waals surface area contributed by atoms with Gasteiger partial charge in [-0.3, -0.25) is 4.98 Å². The zero-order valence-corrected chi connectivity index (χ0v) is 18.9. The molecule has 0 saturated heterocycles. The second-order valence-electron chi connectivity index (χ2n) is 8.46. The van der Waals surface area contributed by atoms with E-state index in [0.717, 1.165) is 49.8 Å². The molecule has 0 bridgehead atoms. The van der Waals surface area contributed by atoms with E-state index in [4.69, 9.17) is 9.47 Å². The van der Waals surface area contributed by atoms with E-state index in [1.165, 1.54) is 0 Å². The molecule has 1 unspecified atom stereocenters. The molecule has 1 N–H and O–H groups in total. The van der Waals surface area contributed by atoms with Gasteiger partial charge in [-0.25, -0.2) is 0 Å². The minimum Gasteiger partial charge on any atom is -0.493 e. The Morgan fingerprint density at radius 1 is 1.07 bits per heavy atom. The number of nitrogens with zero attached hydrogens (tertiary/aromatic N) is 1. The number of aliphatic hydroxyl groups is 1. The van der Waals surface area contributed by atoms with E-state index in [-0.39, 0.29) is 5.41 Å². The summed E-state index contributed by atoms with van der Waals surface area (Å²) in [6, 6.07) is 11.4. The molecule has 0 spiro atoms. The van der Waals surface area contributed by atoms with Crippen LogP contribution in [0.5, 0.6) is 11.5 Å². The van der Waals surface area contributed by atoms with Gasteiger partial charge < -0.3 is 14.6 Å². The van der Waals surface area contributed by atoms with E-state index in [9.17, 15) is 5.11 Å². The Bertz CT molecular complexity index is 771. The standard InChI is InChI=1S/C26H37NO3/c1-5-7-9-15-26(3,4)25(28)24(18-21-12-11-16-27-20-21)30-23-14-10-13-22(19-23)29-17-8-6-2/h10-14,16,18-20,25,28H,5-9,15,17H2,1-4H3. The van der Waals surface area contributed by atoms with Crippen LogP contribution in [0.25, 0.3) is 6.08 Å². The monoisotopic (exact) mass is 411 g/mol. The van der Waals surface area contributed by atoms with Gasteiger partial charge in [0, 0.05) is 18.5 Å². The quantitative estimate of drug-likeness (QED) is 0.296. The second kappa shape index (κ2) is 12.4. The summed E-state index contributed by atoms with van der Waals surface area (Å²) >= 11 is 0. The summed E-state index contributed by atoms with van der Waals surface area (Å²) in [5.41, 5.74) is 0.588. The van der Waals surface area contributed by atoms with Crippen LogP contribution in [0.2, 0.25) is 0 Å². The number of unbranched alkanes of at least 4 members (excludes halogenated alkanes) is 3. The van der Waals surface area contributed by atoms with Crippen molar-refractivity contribution in [3.63, 3.8) is 0 Å². The molecule has 4 heteroatoms. The lowest BCUT2D eigenvalue weighted by Crippen LogP contribution is -2.33. The van der Waals surface area contributed by atoms with Gasteiger partial charge in [0.05, 0.1) is 6.61 Å². The fourth-order valence-electron chi connectivity index (χ4n) is 3.24. The predicted octanol–water partition coefficient (Wildman–Crippen LogP) is 6.65. The van der Waals surface area contributed by atoms with Crippen molar-refractivity contribution in [1.29, 1.82) is 0 Å². The molecule has 0 fully saturated rings. The highest BCUT2D eigenvalue weighted by atomic mass is 16.5. The van der Waals surface area contributed by atoms with Crippen molar-refractivity contribution >= 4 is 6.08 Å². The first-order chi connectivity index (χ1) is 14.5. The molecule has 164 valence electrons. The third-order valence-electron chi connectivity index (χ3n) is 5.24. The minimum atomic E-state index is -0.737. The van der Waals surface area contributed by atoms with E-state index >= 15 is 0 Å². The molecule has 0 aliphatic rings. The topological polar surface area (TPSA) is 51.6 Å². The van der Waals surface area contributed by atoms with Crippen molar-refractivity contribution in [3.8, 4) is 11.5 Å². The van der Waals surface area contributed by atoms with Gasteiger partial charge in [-0.2, -0.15) is 0 Å². The molecule has 30 heavy (non-hydrogen) atoms. The molecule has 0 radical (unpaired) electrons. The highest BCUT2D eigenvalue weighted by Gasteiger charge is 2.32. The maximum Gasteiger partial charge on any atom is 0.134 e. The van der Waals surface area contributed by atoms with Crippen molar-refractivity contribution < 1.29 is 14.6 Å². The van der Waals surface area contributed by atoms with E-state index < -0.39 is 6.10 Å². The largest absolute Gasteiger partial charge is 0.493 e. The van der Waals surface area contributed by atoms with Crippen LogP contribution >= 0.6 is 0 Å². The Labute approximate surface area is 182 Å². The molecule has 0 amide bonds. The summed E-state index contributed by atoms with van der Waals surface area (Å²) < 4.78 is 12.0. The molecule has 1 aromatic heterocycles. The molecule has 2 rings (SSSR count). The fraction of sp³-hybridized carbons (Fsp3) is 0.500. The molecular formula is C26H37NO3. The van der Waals surface area contributed by atoms with Gasteiger partial charge in [0.2, 0.25) is 0 Å². The molecule has 0 aliphatic heterocycles. The molecule has 1 atom stereocenters. The Hall–Kier alpha value is -2.33. The van der Waals surface area contributed by atoms with Crippen molar-refractivity contribution in [2.75, 3.05) is 6.61 Å². The van der Waals surface area contributed by atoms with Crippen LogP contribution in [0.15, 0.2) is 54.6 Å². The Morgan fingerprint density at radius 2 is 1.83 bits per heavy atom. The lowest BCUT2D eigenvalue weighted by Gasteiger charge is -2.32. The SMILES string of the molecule is CCCCCC(C)(C)C(O)C(=Cc1cccnc1)Oc1cccc(OCCCC)c1. The van der Waals surface area contributed by atoms with Gasteiger partial charge in [-0.15, -0.1) is 0 Å². The molecular weight excluding hydrogens is 374 g/mol. The van der Waals surface area contributed by atoms with Crippen LogP contribution in [0.3, 0.4) is 0 Å². The van der Waals surface area contributed by atoms with Crippen LogP contribution < -0.4 is 9.47 Å². The fourth-order valence-corrected chi connectivity index (χ4v) is 3.24. The highest BCUT2D eigenvalue weighted by molar-refractivity contribution is 5.52.